The number of hydrogen-bond acceptors (Lipinski definition) is 3. The van der Waals surface area contributed by atoms with Crippen LogP contribution in [-0.2, 0) is 20.8 Å². The van der Waals surface area contributed by atoms with Gasteiger partial charge in [0.25, 0.3) is 0 Å². The third-order valence-electron chi connectivity index (χ3n) is 3.34. The number of aromatic amines is 1. The summed E-state index contributed by atoms with van der Waals surface area (Å²) in [4.78, 5) is 36.7. The molecule has 136 valence electrons. The van der Waals surface area contributed by atoms with E-state index >= 15 is 0 Å². The lowest BCUT2D eigenvalue weighted by atomic mass is 10.0. The lowest BCUT2D eigenvalue weighted by Gasteiger charge is -2.15. The quantitative estimate of drug-likeness (QED) is 0.611. The number of carboxylic acids is 1. The first kappa shape index (κ1) is 20.2. The molecule has 1 heterocycles. The van der Waals surface area contributed by atoms with Crippen molar-refractivity contribution < 1.29 is 19.5 Å². The average molecular weight is 347 g/mol. The molecule has 25 heavy (non-hydrogen) atoms. The first-order valence-corrected chi connectivity index (χ1v) is 8.24. The van der Waals surface area contributed by atoms with E-state index in [0.717, 1.165) is 16.5 Å². The summed E-state index contributed by atoms with van der Waals surface area (Å²) in [6, 6.07) is 6.71. The number of H-pyrrole nitrogens is 1. The highest BCUT2D eigenvalue weighted by Gasteiger charge is 2.20. The molecular formula is C18H25N3O4. The Morgan fingerprint density at radius 1 is 1.20 bits per heavy atom. The van der Waals surface area contributed by atoms with Gasteiger partial charge in [-0.25, -0.2) is 0 Å². The molecule has 0 unspecified atom stereocenters. The van der Waals surface area contributed by atoms with Crippen molar-refractivity contribution in [3.8, 4) is 0 Å². The Morgan fingerprint density at radius 3 is 2.44 bits per heavy atom. The summed E-state index contributed by atoms with van der Waals surface area (Å²) < 4.78 is 0. The van der Waals surface area contributed by atoms with Gasteiger partial charge >= 0.3 is 5.97 Å². The Morgan fingerprint density at radius 2 is 1.84 bits per heavy atom. The van der Waals surface area contributed by atoms with Crippen LogP contribution in [0, 0.1) is 0 Å². The number of nitrogens with one attached hydrogen (secondary N) is 2. The van der Waals surface area contributed by atoms with Gasteiger partial charge in [-0.05, 0) is 11.6 Å². The predicted molar refractivity (Wildman–Crippen MR) is 96.0 cm³/mol. The second-order valence-corrected chi connectivity index (χ2v) is 5.69. The van der Waals surface area contributed by atoms with E-state index in [0.29, 0.717) is 0 Å². The van der Waals surface area contributed by atoms with Crippen LogP contribution in [0.3, 0.4) is 0 Å². The molecule has 2 rings (SSSR count). The Hall–Kier alpha value is -2.83. The lowest BCUT2D eigenvalue weighted by molar-refractivity contribution is -0.139. The van der Waals surface area contributed by atoms with Crippen LogP contribution in [-0.4, -0.2) is 33.9 Å². The zero-order valence-corrected chi connectivity index (χ0v) is 14.5. The van der Waals surface area contributed by atoms with Gasteiger partial charge < -0.3 is 21.1 Å². The maximum Gasteiger partial charge on any atom is 0.303 e. The van der Waals surface area contributed by atoms with Gasteiger partial charge in [0.2, 0.25) is 11.8 Å². The van der Waals surface area contributed by atoms with E-state index in [1.165, 1.54) is 6.42 Å². The van der Waals surface area contributed by atoms with Gasteiger partial charge in [-0.2, -0.15) is 0 Å². The third kappa shape index (κ3) is 6.66. The number of rotatable bonds is 7. The fraction of sp³-hybridized carbons (Fsp3) is 0.389. The molecule has 1 aromatic heterocycles. The molecular weight excluding hydrogens is 322 g/mol. The van der Waals surface area contributed by atoms with Crippen LogP contribution in [0.5, 0.6) is 0 Å². The first-order valence-electron chi connectivity index (χ1n) is 8.24. The number of aromatic nitrogens is 1. The number of fused-ring (bicyclic) bond motifs is 1. The highest BCUT2D eigenvalue weighted by Crippen LogP contribution is 2.19. The van der Waals surface area contributed by atoms with Crippen molar-refractivity contribution >= 4 is 28.7 Å². The van der Waals surface area contributed by atoms with Crippen molar-refractivity contribution in [1.29, 1.82) is 0 Å². The van der Waals surface area contributed by atoms with Crippen molar-refractivity contribution in [2.75, 3.05) is 0 Å². The monoisotopic (exact) mass is 347 g/mol. The van der Waals surface area contributed by atoms with Gasteiger partial charge in [-0.15, -0.1) is 0 Å². The van der Waals surface area contributed by atoms with Crippen LogP contribution in [0.1, 0.15) is 38.7 Å². The van der Waals surface area contributed by atoms with Crippen molar-refractivity contribution in [3.05, 3.63) is 36.0 Å². The molecule has 0 spiro atoms. The number of carboxylic acid groups (broad SMARTS) is 1. The summed E-state index contributed by atoms with van der Waals surface area (Å²) in [5.41, 5.74) is 7.11. The van der Waals surface area contributed by atoms with E-state index in [4.69, 9.17) is 10.8 Å². The zero-order valence-electron chi connectivity index (χ0n) is 14.5. The van der Waals surface area contributed by atoms with Gasteiger partial charge in [0.05, 0.1) is 6.42 Å². The van der Waals surface area contributed by atoms with E-state index in [9.17, 15) is 14.4 Å². The number of aliphatic carboxylic acids is 1. The molecule has 0 aliphatic heterocycles. The Labute approximate surface area is 146 Å². The molecule has 1 atom stereocenters. The molecule has 1 aromatic carbocycles. The summed E-state index contributed by atoms with van der Waals surface area (Å²) in [6.45, 7) is 4.25. The smallest absolute Gasteiger partial charge is 0.303 e. The summed E-state index contributed by atoms with van der Waals surface area (Å²) in [5, 5.41) is 12.0. The molecule has 2 amide bonds. The largest absolute Gasteiger partial charge is 0.481 e. The van der Waals surface area contributed by atoms with E-state index in [2.05, 4.69) is 24.1 Å². The molecule has 5 N–H and O–H groups in total. The number of nitrogens with two attached hydrogens (primary N) is 1. The minimum absolute atomic E-state index is 0.188. The average Bonchev–Trinajstić information content (AvgIpc) is 2.96. The van der Waals surface area contributed by atoms with Crippen molar-refractivity contribution in [1.82, 2.24) is 10.3 Å². The van der Waals surface area contributed by atoms with Crippen LogP contribution in [0.4, 0.5) is 0 Å². The maximum absolute atomic E-state index is 11.7. The molecule has 2 aromatic rings. The number of primary amides is 1. The minimum Gasteiger partial charge on any atom is -0.481 e. The van der Waals surface area contributed by atoms with Crippen LogP contribution in [0.2, 0.25) is 0 Å². The normalized spacial score (nSPS) is 11.3. The summed E-state index contributed by atoms with van der Waals surface area (Å²) in [6.07, 6.45) is 2.79. The molecule has 0 saturated carbocycles. The Balaban J connectivity index is 0.000000970. The molecule has 7 nitrogen and oxygen atoms in total. The van der Waals surface area contributed by atoms with Gasteiger partial charge in [0.1, 0.15) is 6.04 Å². The summed E-state index contributed by atoms with van der Waals surface area (Å²) >= 11 is 0. The molecule has 0 radical (unpaired) electrons. The molecule has 7 heteroatoms. The second-order valence-electron chi connectivity index (χ2n) is 5.69. The maximum atomic E-state index is 11.7. The molecule has 0 bridgehead atoms. The summed E-state index contributed by atoms with van der Waals surface area (Å²) in [5.74, 6) is -2.23. The lowest BCUT2D eigenvalue weighted by Crippen LogP contribution is -2.45. The highest BCUT2D eigenvalue weighted by molar-refractivity contribution is 5.89. The van der Waals surface area contributed by atoms with E-state index in [1.807, 2.05) is 24.3 Å². The molecule has 0 aliphatic carbocycles. The van der Waals surface area contributed by atoms with Crippen molar-refractivity contribution in [2.24, 2.45) is 5.73 Å². The van der Waals surface area contributed by atoms with Crippen LogP contribution in [0.25, 0.3) is 10.9 Å². The number of hydrogen-bond donors (Lipinski definition) is 4. The number of carbonyl (C=O) groups is 3. The number of amides is 2. The van der Waals surface area contributed by atoms with E-state index < -0.39 is 23.8 Å². The van der Waals surface area contributed by atoms with Crippen molar-refractivity contribution in [3.63, 3.8) is 0 Å². The zero-order chi connectivity index (χ0) is 18.8. The van der Waals surface area contributed by atoms with Crippen LogP contribution < -0.4 is 11.1 Å². The standard InChI is InChI=1S/C15H17N3O4.C3H8/c16-15(22)12(18-13(19)5-6-14(20)21)7-9-8-17-11-4-2-1-3-10(9)11;1-3-2/h1-4,8,12,17H,5-7H2,(H2,16,22)(H,18,19)(H,20,21);3H2,1-2H3/t12-;/m0./s1. The fourth-order valence-corrected chi connectivity index (χ4v) is 2.23. The number of benzene rings is 1. The minimum atomic E-state index is -1.07. The SMILES string of the molecule is CCC.NC(=O)[C@H](Cc1c[nH]c2ccccc12)NC(=O)CCC(=O)O. The summed E-state index contributed by atoms with van der Waals surface area (Å²) in [7, 11) is 0. The third-order valence-corrected chi connectivity index (χ3v) is 3.34. The fourth-order valence-electron chi connectivity index (χ4n) is 2.23. The number of para-hydroxylation sites is 1. The first-order chi connectivity index (χ1) is 11.9. The predicted octanol–water partition coefficient (Wildman–Crippen LogP) is 1.96. The Kier molecular flexibility index (Phi) is 8.18. The van der Waals surface area contributed by atoms with Crippen LogP contribution >= 0.6 is 0 Å². The van der Waals surface area contributed by atoms with Crippen LogP contribution in [0.15, 0.2) is 30.5 Å². The van der Waals surface area contributed by atoms with Gasteiger partial charge in [0, 0.05) is 29.9 Å². The van der Waals surface area contributed by atoms with Gasteiger partial charge in [-0.3, -0.25) is 14.4 Å². The molecule has 0 fully saturated rings. The van der Waals surface area contributed by atoms with E-state index in [1.54, 1.807) is 6.20 Å². The van der Waals surface area contributed by atoms with Crippen molar-refractivity contribution in [2.45, 2.75) is 45.6 Å². The topological polar surface area (TPSA) is 125 Å². The second kappa shape index (κ2) is 10.1. The highest BCUT2D eigenvalue weighted by atomic mass is 16.4. The number of carbonyl (C=O) groups excluding carboxylic acids is 2. The van der Waals surface area contributed by atoms with Gasteiger partial charge in [0.15, 0.2) is 0 Å². The molecule has 0 saturated heterocycles. The molecule has 0 aliphatic rings. The van der Waals surface area contributed by atoms with E-state index in [-0.39, 0.29) is 19.3 Å². The Bertz CT molecular complexity index is 724. The van der Waals surface area contributed by atoms with Gasteiger partial charge in [-0.1, -0.05) is 38.5 Å².